The topological polar surface area (TPSA) is 40.2 Å². The molecule has 18 heavy (non-hydrogen) atoms. The molecule has 0 spiro atoms. The van der Waals surface area contributed by atoms with Crippen molar-refractivity contribution in [3.05, 3.63) is 28.4 Å². The summed E-state index contributed by atoms with van der Waals surface area (Å²) in [6.45, 7) is 4.80. The molecule has 2 N–H and O–H groups in total. The summed E-state index contributed by atoms with van der Waals surface area (Å²) in [6.07, 6.45) is 0. The lowest BCUT2D eigenvalue weighted by Gasteiger charge is -2.10. The van der Waals surface area contributed by atoms with Crippen molar-refractivity contribution < 1.29 is 4.74 Å². The van der Waals surface area contributed by atoms with Gasteiger partial charge in [-0.3, -0.25) is 0 Å². The first-order chi connectivity index (χ1) is 8.52. The van der Waals surface area contributed by atoms with Crippen LogP contribution in [0.5, 0.6) is 5.75 Å². The molecule has 0 amide bonds. The highest BCUT2D eigenvalue weighted by molar-refractivity contribution is 6.36. The molecule has 1 heterocycles. The minimum atomic E-state index is 0.390. The van der Waals surface area contributed by atoms with Gasteiger partial charge in [0.1, 0.15) is 5.75 Å². The Bertz CT molecular complexity index is 587. The summed E-state index contributed by atoms with van der Waals surface area (Å²) in [5.41, 5.74) is 9.28. The van der Waals surface area contributed by atoms with Crippen molar-refractivity contribution in [3.8, 4) is 5.75 Å². The zero-order valence-electron chi connectivity index (χ0n) is 11.2. The third-order valence-corrected chi connectivity index (χ3v) is 3.68. The lowest BCUT2D eigenvalue weighted by Crippen LogP contribution is -2.05. The van der Waals surface area contributed by atoms with E-state index in [2.05, 4.69) is 18.4 Å². The van der Waals surface area contributed by atoms with Crippen LogP contribution < -0.4 is 10.5 Å². The number of nitrogens with zero attached hydrogens (tertiary/aromatic N) is 1. The standard InChI is InChI=1S/C14H19ClN2O/c1-8(2)13-9(7-16)12-10(15)5-6-11(18-4)14(12)17(13)3/h5-6,8H,7,16H2,1-4H3. The number of hydrogen-bond acceptors (Lipinski definition) is 2. The van der Waals surface area contributed by atoms with Crippen molar-refractivity contribution in [3.63, 3.8) is 0 Å². The Morgan fingerprint density at radius 1 is 1.39 bits per heavy atom. The number of hydrogen-bond donors (Lipinski definition) is 1. The molecule has 0 radical (unpaired) electrons. The van der Waals surface area contributed by atoms with Crippen LogP contribution in [-0.2, 0) is 13.6 Å². The summed E-state index contributed by atoms with van der Waals surface area (Å²) in [4.78, 5) is 0. The van der Waals surface area contributed by atoms with Crippen LogP contribution in [0.2, 0.25) is 5.02 Å². The summed E-state index contributed by atoms with van der Waals surface area (Å²) in [5, 5.41) is 1.75. The fourth-order valence-electron chi connectivity index (χ4n) is 2.73. The molecule has 2 aromatic rings. The van der Waals surface area contributed by atoms with Crippen molar-refractivity contribution in [2.45, 2.75) is 26.3 Å². The second-order valence-electron chi connectivity index (χ2n) is 4.75. The normalized spacial score (nSPS) is 11.5. The molecule has 0 fully saturated rings. The third-order valence-electron chi connectivity index (χ3n) is 3.37. The van der Waals surface area contributed by atoms with Gasteiger partial charge < -0.3 is 15.0 Å². The number of aryl methyl sites for hydroxylation is 1. The molecule has 0 unspecified atom stereocenters. The molecule has 0 saturated carbocycles. The number of aromatic nitrogens is 1. The number of ether oxygens (including phenoxy) is 1. The van der Waals surface area contributed by atoms with E-state index >= 15 is 0 Å². The van der Waals surface area contributed by atoms with Crippen molar-refractivity contribution in [1.29, 1.82) is 0 Å². The van der Waals surface area contributed by atoms with Crippen LogP contribution in [0, 0.1) is 0 Å². The molecule has 0 bridgehead atoms. The van der Waals surface area contributed by atoms with E-state index in [-0.39, 0.29) is 0 Å². The predicted molar refractivity (Wildman–Crippen MR) is 76.5 cm³/mol. The Hall–Kier alpha value is -1.19. The molecule has 0 aliphatic heterocycles. The van der Waals surface area contributed by atoms with Crippen LogP contribution >= 0.6 is 11.6 Å². The van der Waals surface area contributed by atoms with Gasteiger partial charge in [0.05, 0.1) is 17.6 Å². The Balaban J connectivity index is 2.97. The lowest BCUT2D eigenvalue weighted by molar-refractivity contribution is 0.417. The van der Waals surface area contributed by atoms with Crippen molar-refractivity contribution in [1.82, 2.24) is 4.57 Å². The van der Waals surface area contributed by atoms with Crippen molar-refractivity contribution in [2.24, 2.45) is 12.8 Å². The first kappa shape index (κ1) is 13.2. The van der Waals surface area contributed by atoms with E-state index in [1.54, 1.807) is 7.11 Å². The van der Waals surface area contributed by atoms with E-state index in [4.69, 9.17) is 22.1 Å². The number of benzene rings is 1. The van der Waals surface area contributed by atoms with E-state index < -0.39 is 0 Å². The highest BCUT2D eigenvalue weighted by Gasteiger charge is 2.21. The molecule has 0 aliphatic rings. The van der Waals surface area contributed by atoms with Crippen LogP contribution in [0.1, 0.15) is 31.0 Å². The quantitative estimate of drug-likeness (QED) is 0.925. The Morgan fingerprint density at radius 3 is 2.56 bits per heavy atom. The molecule has 1 aromatic heterocycles. The Kier molecular flexibility index (Phi) is 3.55. The molecule has 1 aromatic carbocycles. The summed E-state index contributed by atoms with van der Waals surface area (Å²) in [5.74, 6) is 1.22. The molecular formula is C14H19ClN2O. The molecule has 4 heteroatoms. The molecule has 2 rings (SSSR count). The third kappa shape index (κ3) is 1.78. The second kappa shape index (κ2) is 4.82. The fourth-order valence-corrected chi connectivity index (χ4v) is 2.99. The van der Waals surface area contributed by atoms with E-state index in [0.29, 0.717) is 12.5 Å². The van der Waals surface area contributed by atoms with Gasteiger partial charge >= 0.3 is 0 Å². The van der Waals surface area contributed by atoms with Gasteiger partial charge in [-0.05, 0) is 23.6 Å². The Labute approximate surface area is 112 Å². The van der Waals surface area contributed by atoms with Gasteiger partial charge in [-0.25, -0.2) is 0 Å². The van der Waals surface area contributed by atoms with E-state index in [1.165, 1.54) is 5.69 Å². The zero-order valence-corrected chi connectivity index (χ0v) is 12.0. The predicted octanol–water partition coefficient (Wildman–Crippen LogP) is 3.42. The minimum absolute atomic E-state index is 0.390. The first-order valence-corrected chi connectivity index (χ1v) is 6.44. The van der Waals surface area contributed by atoms with Gasteiger partial charge in [0, 0.05) is 24.7 Å². The summed E-state index contributed by atoms with van der Waals surface area (Å²) in [6, 6.07) is 3.76. The van der Waals surface area contributed by atoms with E-state index in [0.717, 1.165) is 27.2 Å². The summed E-state index contributed by atoms with van der Waals surface area (Å²) < 4.78 is 7.58. The monoisotopic (exact) mass is 266 g/mol. The lowest BCUT2D eigenvalue weighted by atomic mass is 10.0. The fraction of sp³-hybridized carbons (Fsp3) is 0.429. The number of methoxy groups -OCH3 is 1. The van der Waals surface area contributed by atoms with Gasteiger partial charge in [0.2, 0.25) is 0 Å². The van der Waals surface area contributed by atoms with Crippen LogP contribution in [0.4, 0.5) is 0 Å². The van der Waals surface area contributed by atoms with Gasteiger partial charge in [-0.1, -0.05) is 25.4 Å². The number of fused-ring (bicyclic) bond motifs is 1. The van der Waals surface area contributed by atoms with Gasteiger partial charge in [0.25, 0.3) is 0 Å². The maximum Gasteiger partial charge on any atom is 0.143 e. The van der Waals surface area contributed by atoms with Gasteiger partial charge in [-0.15, -0.1) is 0 Å². The number of nitrogens with two attached hydrogens (primary N) is 1. The highest BCUT2D eigenvalue weighted by Crippen LogP contribution is 2.39. The average molecular weight is 267 g/mol. The molecule has 0 aliphatic carbocycles. The van der Waals surface area contributed by atoms with Gasteiger partial charge in [0.15, 0.2) is 0 Å². The number of halogens is 1. The maximum atomic E-state index is 6.34. The average Bonchev–Trinajstić information content (AvgIpc) is 2.64. The van der Waals surface area contributed by atoms with Crippen LogP contribution in [0.15, 0.2) is 12.1 Å². The minimum Gasteiger partial charge on any atom is -0.495 e. The Morgan fingerprint density at radius 2 is 2.06 bits per heavy atom. The van der Waals surface area contributed by atoms with Crippen LogP contribution in [-0.4, -0.2) is 11.7 Å². The summed E-state index contributed by atoms with van der Waals surface area (Å²) in [7, 11) is 3.71. The molecule has 0 atom stereocenters. The molecule has 3 nitrogen and oxygen atoms in total. The molecular weight excluding hydrogens is 248 g/mol. The smallest absolute Gasteiger partial charge is 0.143 e. The first-order valence-electron chi connectivity index (χ1n) is 6.06. The molecule has 98 valence electrons. The van der Waals surface area contributed by atoms with Crippen LogP contribution in [0.25, 0.3) is 10.9 Å². The van der Waals surface area contributed by atoms with Gasteiger partial charge in [-0.2, -0.15) is 0 Å². The van der Waals surface area contributed by atoms with E-state index in [9.17, 15) is 0 Å². The van der Waals surface area contributed by atoms with E-state index in [1.807, 2.05) is 19.2 Å². The largest absolute Gasteiger partial charge is 0.495 e. The SMILES string of the molecule is COc1ccc(Cl)c2c(CN)c(C(C)C)n(C)c12. The highest BCUT2D eigenvalue weighted by atomic mass is 35.5. The molecule has 0 saturated heterocycles. The number of rotatable bonds is 3. The maximum absolute atomic E-state index is 6.34. The van der Waals surface area contributed by atoms with Crippen molar-refractivity contribution in [2.75, 3.05) is 7.11 Å². The zero-order chi connectivity index (χ0) is 13.4. The van der Waals surface area contributed by atoms with Crippen LogP contribution in [0.3, 0.4) is 0 Å². The second-order valence-corrected chi connectivity index (χ2v) is 5.16. The summed E-state index contributed by atoms with van der Waals surface area (Å²) >= 11 is 6.34. The van der Waals surface area contributed by atoms with Crippen molar-refractivity contribution >= 4 is 22.5 Å².